The van der Waals surface area contributed by atoms with Crippen molar-refractivity contribution in [1.29, 1.82) is 0 Å². The lowest BCUT2D eigenvalue weighted by Gasteiger charge is -2.33. The highest BCUT2D eigenvalue weighted by atomic mass is 19.4. The maximum absolute atomic E-state index is 13.6. The summed E-state index contributed by atoms with van der Waals surface area (Å²) in [5, 5.41) is 5.28. The molecule has 0 bridgehead atoms. The van der Waals surface area contributed by atoms with Crippen LogP contribution in [0.1, 0.15) is 53.7 Å². The predicted octanol–water partition coefficient (Wildman–Crippen LogP) is 5.02. The number of hydrogen-bond acceptors (Lipinski definition) is 3. The number of H-pyrrole nitrogens is 1. The number of nitrogens with zero attached hydrogens (tertiary/aromatic N) is 1. The van der Waals surface area contributed by atoms with Gasteiger partial charge in [0.1, 0.15) is 17.7 Å². The van der Waals surface area contributed by atoms with Crippen LogP contribution < -0.4 is 10.6 Å². The number of carbonyl (C=O) groups excluding carboxylic acids is 2. The first-order valence-electron chi connectivity index (χ1n) is 13.5. The lowest BCUT2D eigenvalue weighted by molar-refractivity contribution is -0.141. The summed E-state index contributed by atoms with van der Waals surface area (Å²) in [5.41, 5.74) is 2.74. The molecular weight excluding hydrogens is 505 g/mol. The monoisotopic (exact) mass is 538 g/mol. The normalized spacial score (nSPS) is 16.9. The summed E-state index contributed by atoms with van der Waals surface area (Å²) in [7, 11) is 0. The molecule has 5 rings (SSSR count). The number of aromatic amines is 1. The smallest absolute Gasteiger partial charge is 0.357 e. The third kappa shape index (κ3) is 5.73. The van der Waals surface area contributed by atoms with Gasteiger partial charge in [0.25, 0.3) is 5.91 Å². The number of rotatable bonds is 9. The fourth-order valence-corrected chi connectivity index (χ4v) is 6.05. The molecule has 3 N–H and O–H groups in total. The SMILES string of the molecule is O=C(NC1CCN(CCCCC2(C(=O)NCC(F)(F)F)c3ccccc3-c3ccccc32)CC1)c1ccc[nH]1. The first-order chi connectivity index (χ1) is 18.8. The van der Waals surface area contributed by atoms with Crippen molar-refractivity contribution in [3.8, 4) is 11.1 Å². The molecule has 0 saturated carbocycles. The molecule has 0 unspecified atom stereocenters. The van der Waals surface area contributed by atoms with Crippen molar-refractivity contribution in [2.75, 3.05) is 26.2 Å². The molecule has 2 amide bonds. The number of hydrogen-bond donors (Lipinski definition) is 3. The van der Waals surface area contributed by atoms with E-state index in [0.717, 1.165) is 61.2 Å². The zero-order valence-electron chi connectivity index (χ0n) is 21.7. The second kappa shape index (κ2) is 11.3. The van der Waals surface area contributed by atoms with Gasteiger partial charge in [-0.3, -0.25) is 9.59 Å². The topological polar surface area (TPSA) is 77.2 Å². The Labute approximate surface area is 226 Å². The summed E-state index contributed by atoms with van der Waals surface area (Å²) in [4.78, 5) is 31.2. The maximum Gasteiger partial charge on any atom is 0.405 e. The molecular formula is C30H33F3N4O2. The Morgan fingerprint density at radius 2 is 1.56 bits per heavy atom. The van der Waals surface area contributed by atoms with Gasteiger partial charge >= 0.3 is 6.18 Å². The number of benzene rings is 2. The van der Waals surface area contributed by atoms with Crippen LogP contribution in [-0.2, 0) is 10.2 Å². The average molecular weight is 539 g/mol. The van der Waals surface area contributed by atoms with E-state index in [1.54, 1.807) is 18.3 Å². The molecule has 206 valence electrons. The van der Waals surface area contributed by atoms with E-state index >= 15 is 0 Å². The van der Waals surface area contributed by atoms with Crippen LogP contribution in [0.3, 0.4) is 0 Å². The molecule has 2 aliphatic rings. The van der Waals surface area contributed by atoms with Crippen molar-refractivity contribution in [3.63, 3.8) is 0 Å². The van der Waals surface area contributed by atoms with E-state index < -0.39 is 24.0 Å². The van der Waals surface area contributed by atoms with Gasteiger partial charge in [0.05, 0.1) is 0 Å². The molecule has 1 aromatic heterocycles. The summed E-state index contributed by atoms with van der Waals surface area (Å²) in [5.74, 6) is -0.694. The van der Waals surface area contributed by atoms with Gasteiger partial charge in [-0.1, -0.05) is 55.0 Å². The summed E-state index contributed by atoms with van der Waals surface area (Å²) < 4.78 is 39.2. The third-order valence-electron chi connectivity index (χ3n) is 7.94. The van der Waals surface area contributed by atoms with E-state index in [1.165, 1.54) is 0 Å². The van der Waals surface area contributed by atoms with Gasteiger partial charge in [0, 0.05) is 25.3 Å². The minimum Gasteiger partial charge on any atom is -0.357 e. The lowest BCUT2D eigenvalue weighted by atomic mass is 9.73. The maximum atomic E-state index is 13.6. The quantitative estimate of drug-likeness (QED) is 0.335. The molecule has 1 aliphatic carbocycles. The van der Waals surface area contributed by atoms with Gasteiger partial charge in [-0.25, -0.2) is 0 Å². The van der Waals surface area contributed by atoms with E-state index in [0.29, 0.717) is 18.5 Å². The number of likely N-dealkylation sites (tertiary alicyclic amines) is 1. The van der Waals surface area contributed by atoms with Gasteiger partial charge in [0.15, 0.2) is 0 Å². The highest BCUT2D eigenvalue weighted by Crippen LogP contribution is 2.51. The molecule has 2 heterocycles. The fraction of sp³-hybridized carbons (Fsp3) is 0.400. The van der Waals surface area contributed by atoms with E-state index in [9.17, 15) is 22.8 Å². The highest BCUT2D eigenvalue weighted by molar-refractivity contribution is 6.00. The minimum absolute atomic E-state index is 0.0929. The molecule has 0 atom stereocenters. The number of piperidine rings is 1. The van der Waals surface area contributed by atoms with Crippen LogP contribution in [0, 0.1) is 0 Å². The van der Waals surface area contributed by atoms with Gasteiger partial charge in [0.2, 0.25) is 5.91 Å². The zero-order chi connectivity index (χ0) is 27.5. The Hall–Kier alpha value is -3.59. The van der Waals surface area contributed by atoms with Gasteiger partial charge < -0.3 is 20.5 Å². The van der Waals surface area contributed by atoms with Crippen LogP contribution in [0.5, 0.6) is 0 Å². The van der Waals surface area contributed by atoms with Gasteiger partial charge in [-0.2, -0.15) is 13.2 Å². The van der Waals surface area contributed by atoms with Crippen LogP contribution in [0.2, 0.25) is 0 Å². The van der Waals surface area contributed by atoms with Crippen LogP contribution in [0.15, 0.2) is 66.9 Å². The van der Waals surface area contributed by atoms with Gasteiger partial charge in [-0.15, -0.1) is 0 Å². The van der Waals surface area contributed by atoms with Crippen LogP contribution >= 0.6 is 0 Å². The molecule has 3 aromatic rings. The van der Waals surface area contributed by atoms with E-state index in [-0.39, 0.29) is 11.9 Å². The summed E-state index contributed by atoms with van der Waals surface area (Å²) in [6.45, 7) is 1.20. The number of carbonyl (C=O) groups is 2. The number of nitrogens with one attached hydrogen (secondary N) is 3. The molecule has 6 nitrogen and oxygen atoms in total. The second-order valence-electron chi connectivity index (χ2n) is 10.4. The molecule has 1 saturated heterocycles. The third-order valence-corrected chi connectivity index (χ3v) is 7.94. The largest absolute Gasteiger partial charge is 0.405 e. The number of alkyl halides is 3. The summed E-state index contributed by atoms with van der Waals surface area (Å²) >= 11 is 0. The number of halogens is 3. The van der Waals surface area contributed by atoms with Crippen LogP contribution in [0.4, 0.5) is 13.2 Å². The minimum atomic E-state index is -4.48. The molecule has 1 fully saturated rings. The number of amides is 2. The van der Waals surface area contributed by atoms with E-state index in [1.807, 2.05) is 48.5 Å². The van der Waals surface area contributed by atoms with Crippen LogP contribution in [0.25, 0.3) is 11.1 Å². The number of unbranched alkanes of at least 4 members (excludes halogenated alkanes) is 1. The summed E-state index contributed by atoms with van der Waals surface area (Å²) in [6.07, 6.45) is 0.886. The molecule has 1 aliphatic heterocycles. The number of aromatic nitrogens is 1. The fourth-order valence-electron chi connectivity index (χ4n) is 6.05. The lowest BCUT2D eigenvalue weighted by Crippen LogP contribution is -2.47. The van der Waals surface area contributed by atoms with Crippen molar-refractivity contribution in [3.05, 3.63) is 83.7 Å². The Balaban J connectivity index is 1.22. The molecule has 39 heavy (non-hydrogen) atoms. The van der Waals surface area contributed by atoms with Crippen molar-refractivity contribution in [2.45, 2.75) is 49.7 Å². The molecule has 9 heteroatoms. The summed E-state index contributed by atoms with van der Waals surface area (Å²) in [6, 6.07) is 18.8. The van der Waals surface area contributed by atoms with Crippen LogP contribution in [-0.4, -0.2) is 60.1 Å². The predicted molar refractivity (Wildman–Crippen MR) is 143 cm³/mol. The van der Waals surface area contributed by atoms with Crippen molar-refractivity contribution >= 4 is 11.8 Å². The number of fused-ring (bicyclic) bond motifs is 3. The second-order valence-corrected chi connectivity index (χ2v) is 10.4. The van der Waals surface area contributed by atoms with Crippen molar-refractivity contribution in [2.24, 2.45) is 0 Å². The Morgan fingerprint density at radius 3 is 2.15 bits per heavy atom. The van der Waals surface area contributed by atoms with Crippen molar-refractivity contribution in [1.82, 2.24) is 20.5 Å². The Bertz CT molecular complexity index is 1250. The molecule has 0 radical (unpaired) electrons. The molecule has 2 aromatic carbocycles. The standard InChI is InChI=1S/C30H33F3N4O2/c31-30(32,33)20-35-28(39)29(24-10-3-1-8-22(24)23-9-2-4-11-25(23)29)15-5-6-17-37-18-13-21(14-19-37)36-27(38)26-12-7-16-34-26/h1-4,7-12,16,21,34H,5-6,13-15,17-20H2,(H,35,39)(H,36,38). The van der Waals surface area contributed by atoms with Crippen molar-refractivity contribution < 1.29 is 22.8 Å². The van der Waals surface area contributed by atoms with E-state index in [4.69, 9.17) is 0 Å². The van der Waals surface area contributed by atoms with Gasteiger partial charge in [-0.05, 0) is 66.6 Å². The molecule has 0 spiro atoms. The highest BCUT2D eigenvalue weighted by Gasteiger charge is 2.49. The Kier molecular flexibility index (Phi) is 7.79. The Morgan fingerprint density at radius 1 is 0.923 bits per heavy atom. The first-order valence-corrected chi connectivity index (χ1v) is 13.5. The average Bonchev–Trinajstić information content (AvgIpc) is 3.57. The first kappa shape index (κ1) is 27.0. The zero-order valence-corrected chi connectivity index (χ0v) is 21.7. The van der Waals surface area contributed by atoms with E-state index in [2.05, 4.69) is 20.5 Å².